The molecule has 22 nitrogen and oxygen atoms in total. The van der Waals surface area contributed by atoms with Crippen LogP contribution in [0.1, 0.15) is 11.1 Å². The van der Waals surface area contributed by atoms with Gasteiger partial charge in [0.25, 0.3) is 10.1 Å². The molecule has 0 spiro atoms. The molecular weight excluding hydrogens is 839 g/mol. The van der Waals surface area contributed by atoms with Gasteiger partial charge in [0.15, 0.2) is 11.9 Å². The van der Waals surface area contributed by atoms with E-state index in [4.69, 9.17) is 19.8 Å². The van der Waals surface area contributed by atoms with Gasteiger partial charge < -0.3 is 20.6 Å². The number of hydrogen-bond acceptors (Lipinski definition) is 22. The number of thioether (sulfide) groups is 1. The van der Waals surface area contributed by atoms with E-state index in [-0.39, 0.29) is 55.3 Å². The van der Waals surface area contributed by atoms with Crippen LogP contribution in [0.3, 0.4) is 0 Å². The Morgan fingerprint density at radius 1 is 0.800 bits per heavy atom. The van der Waals surface area contributed by atoms with E-state index in [1.165, 1.54) is 31.4 Å². The summed E-state index contributed by atoms with van der Waals surface area (Å²) in [6, 6.07) is 12.2. The fourth-order valence-electron chi connectivity index (χ4n) is 4.22. The van der Waals surface area contributed by atoms with Gasteiger partial charge >= 0.3 is 10.4 Å². The summed E-state index contributed by atoms with van der Waals surface area (Å²) in [6.45, 7) is 3.48. The molecule has 0 unspecified atom stereocenters. The summed E-state index contributed by atoms with van der Waals surface area (Å²) in [4.78, 5) is 4.97. The van der Waals surface area contributed by atoms with Crippen LogP contribution in [0.2, 0.25) is 0 Å². The zero-order valence-corrected chi connectivity index (χ0v) is 32.0. The molecule has 0 bridgehead atoms. The maximum Gasteiger partial charge on any atom is 0.433 e. The molecule has 0 aliphatic heterocycles. The van der Waals surface area contributed by atoms with Gasteiger partial charge in [-0.3, -0.25) is 14.0 Å². The van der Waals surface area contributed by atoms with Crippen molar-refractivity contribution in [3.63, 3.8) is 0 Å². The molecule has 0 aromatic heterocycles. The van der Waals surface area contributed by atoms with Crippen LogP contribution in [0, 0.1) is 25.2 Å². The first-order chi connectivity index (χ1) is 25.6. The third-order valence-corrected chi connectivity index (χ3v) is 9.28. The first-order valence-electron chi connectivity index (χ1n) is 14.1. The lowest BCUT2D eigenvalue weighted by Crippen LogP contribution is -2.13. The van der Waals surface area contributed by atoms with E-state index >= 15 is 0 Å². The molecule has 0 fully saturated rings. The number of aromatic hydroxyl groups is 1. The van der Waals surface area contributed by atoms with Crippen LogP contribution >= 0.6 is 35.8 Å². The predicted molar refractivity (Wildman–Crippen MR) is 195 cm³/mol. The number of fused-ring (bicyclic) bond motifs is 1. The number of nitrogens with zero attached hydrogens (tertiary/aromatic N) is 4. The van der Waals surface area contributed by atoms with Crippen molar-refractivity contribution in [3.8, 4) is 22.9 Å². The fraction of sp³-hybridized carbons (Fsp3) is 0.143. The minimum absolute atomic E-state index is 0. The Morgan fingerprint density at radius 3 is 2.13 bits per heavy atom. The molecule has 0 saturated heterocycles. The second kappa shape index (κ2) is 20.5. The number of ether oxygens (including phenoxy) is 1. The number of benzene rings is 4. The summed E-state index contributed by atoms with van der Waals surface area (Å²) >= 11 is 1.92. The van der Waals surface area contributed by atoms with Gasteiger partial charge in [-0.2, -0.15) is 16.8 Å². The van der Waals surface area contributed by atoms with Crippen LogP contribution in [0.4, 0.5) is 28.4 Å². The summed E-state index contributed by atoms with van der Waals surface area (Å²) in [5.41, 5.74) is 1.61. The number of rotatable bonds is 17. The minimum atomic E-state index is -4.85. The van der Waals surface area contributed by atoms with Crippen molar-refractivity contribution in [3.05, 3.63) is 59.7 Å². The van der Waals surface area contributed by atoms with E-state index in [1.807, 2.05) is 6.11 Å². The smallest absolute Gasteiger partial charge is 0.433 e. The van der Waals surface area contributed by atoms with Crippen LogP contribution in [0.15, 0.2) is 83.7 Å². The second-order valence-corrected chi connectivity index (χ2v) is 14.8. The number of phenolic OH excluding ortho intramolecular Hbond substituents is 1. The topological polar surface area (TPSA) is 327 Å². The number of nitrogens with one attached hydrogen (secondary N) is 1. The maximum atomic E-state index is 11.6. The number of azo groups is 2. The molecule has 4 aromatic rings. The van der Waals surface area contributed by atoms with E-state index in [1.54, 1.807) is 38.1 Å². The zero-order valence-electron chi connectivity index (χ0n) is 27.9. The molecule has 0 aliphatic carbocycles. The number of methoxy groups -OCH3 is 1. The van der Waals surface area contributed by atoms with Gasteiger partial charge in [0.1, 0.15) is 34.4 Å². The lowest BCUT2D eigenvalue weighted by molar-refractivity contribution is -0.432. The van der Waals surface area contributed by atoms with Gasteiger partial charge in [-0.25, -0.2) is 10.5 Å². The Morgan fingerprint density at radius 2 is 1.47 bits per heavy atom. The monoisotopic (exact) mass is 865 g/mol. The van der Waals surface area contributed by atoms with E-state index in [0.717, 1.165) is 17.3 Å². The Labute approximate surface area is 323 Å². The molecule has 0 atom stereocenters. The number of phenols is 1. The number of hydrogen-bond donors (Lipinski definition) is 6. The zero-order chi connectivity index (χ0) is 39.5. The van der Waals surface area contributed by atoms with Gasteiger partial charge in [-0.05, 0) is 83.5 Å². The van der Waals surface area contributed by atoms with Crippen LogP contribution in [-0.4, -0.2) is 60.0 Å². The quantitative estimate of drug-likeness (QED) is 0.0118. The molecule has 0 saturated carbocycles. The van der Waals surface area contributed by atoms with Gasteiger partial charge in [0.05, 0.1) is 46.7 Å². The molecule has 0 aliphatic rings. The summed E-state index contributed by atoms with van der Waals surface area (Å²) in [5, 5.41) is 58.7. The first kappa shape index (κ1) is 45.0. The molecule has 4 rings (SSSR count). The summed E-state index contributed by atoms with van der Waals surface area (Å²) in [7, 11) is -8.02. The predicted octanol–water partition coefficient (Wildman–Crippen LogP) is 7.05. The Bertz CT molecular complexity index is 2350. The normalized spacial score (nSPS) is 11.8. The van der Waals surface area contributed by atoms with Crippen molar-refractivity contribution in [2.24, 2.45) is 20.5 Å². The molecule has 0 heterocycles. The highest BCUT2D eigenvalue weighted by Gasteiger charge is 2.21. The van der Waals surface area contributed by atoms with Gasteiger partial charge in [0.2, 0.25) is 0 Å². The van der Waals surface area contributed by atoms with Gasteiger partial charge in [0, 0.05) is 20.9 Å². The largest absolute Gasteiger partial charge is 0.505 e. The number of anilines is 1. The minimum Gasteiger partial charge on any atom is -0.505 e. The maximum absolute atomic E-state index is 11.6. The molecular formula is C28H27N5O17S5. The fourth-order valence-corrected chi connectivity index (χ4v) is 6.27. The molecule has 27 heteroatoms. The highest BCUT2D eigenvalue weighted by molar-refractivity contribution is 8.04. The molecule has 296 valence electrons. The van der Waals surface area contributed by atoms with E-state index in [9.17, 15) is 26.5 Å². The van der Waals surface area contributed by atoms with E-state index in [0.29, 0.717) is 39.4 Å². The Hall–Kier alpha value is -4.35. The highest BCUT2D eigenvalue weighted by atomic mass is 32.3. The van der Waals surface area contributed by atoms with Crippen molar-refractivity contribution in [2.75, 3.05) is 18.3 Å². The molecule has 0 radical (unpaired) electrons. The number of aryl methyl sites for hydroxylation is 2. The Balaban J connectivity index is 0.00000812. The van der Waals surface area contributed by atoms with E-state index < -0.39 is 32.1 Å². The molecule has 4 aromatic carbocycles. The average molecular weight is 866 g/mol. The third kappa shape index (κ3) is 13.1. The van der Waals surface area contributed by atoms with Crippen LogP contribution < -0.4 is 10.1 Å². The van der Waals surface area contributed by atoms with Gasteiger partial charge in [-0.1, -0.05) is 16.1 Å². The van der Waals surface area contributed by atoms with Crippen molar-refractivity contribution in [2.45, 2.75) is 28.5 Å². The van der Waals surface area contributed by atoms with Crippen molar-refractivity contribution >= 4 is 95.6 Å². The highest BCUT2D eigenvalue weighted by Crippen LogP contribution is 2.49. The molecule has 0 amide bonds. The molecule has 55 heavy (non-hydrogen) atoms. The average Bonchev–Trinajstić information content (AvgIpc) is 3.11. The van der Waals surface area contributed by atoms with Crippen molar-refractivity contribution < 1.29 is 79.7 Å². The second-order valence-electron chi connectivity index (χ2n) is 10.0. The molecule has 8 N–H and O–H groups in total. The Kier molecular flexibility index (Phi) is 16.8. The SMILES string of the molecule is COc1cc(SC#COOS(=O)(=O)O)c(C)cc1N=Nc1c(SOOO)cc2c(N=Nc3ccc(C)cc3SOOO)c(NCS(=O)(=O)O)ccc2c1O.O. The van der Waals surface area contributed by atoms with E-state index in [2.05, 4.69) is 59.0 Å². The lowest BCUT2D eigenvalue weighted by atomic mass is 10.1. The van der Waals surface area contributed by atoms with Crippen molar-refractivity contribution in [1.29, 1.82) is 0 Å². The summed E-state index contributed by atoms with van der Waals surface area (Å²) in [6.07, 6.45) is 1.93. The first-order valence-corrected chi connectivity index (χ1v) is 19.3. The standard InChI is InChI=1S/C28H25N5O16S5.H2O/c1-15-4-6-19(24(10-15)51-47-45-35)30-32-26-18-12-25(52-48-46-36)27(28(34)17(18)5-7-20(26)29-14-53(37,38)39)33-31-21-11-16(2)23(13-22(21)43-3)50-9-8-44-49-54(40,41)42;/h4-7,10-13,29,34-36H,14H2,1-3H3,(H,37,38,39)(H,40,41,42);1H2. The summed E-state index contributed by atoms with van der Waals surface area (Å²) < 4.78 is 80.6. The van der Waals surface area contributed by atoms with Gasteiger partial charge in [-0.15, -0.1) is 29.1 Å². The third-order valence-electron chi connectivity index (χ3n) is 6.43. The van der Waals surface area contributed by atoms with Crippen molar-refractivity contribution in [1.82, 2.24) is 0 Å². The van der Waals surface area contributed by atoms with Crippen LogP contribution in [-0.2, 0) is 48.5 Å². The van der Waals surface area contributed by atoms with Crippen LogP contribution in [0.5, 0.6) is 11.5 Å². The van der Waals surface area contributed by atoms with Crippen LogP contribution in [0.25, 0.3) is 10.8 Å². The lowest BCUT2D eigenvalue weighted by Gasteiger charge is -2.14. The summed E-state index contributed by atoms with van der Waals surface area (Å²) in [5.74, 6) is -1.21.